The zero-order valence-corrected chi connectivity index (χ0v) is 36.6. The summed E-state index contributed by atoms with van der Waals surface area (Å²) in [7, 11) is 0. The third-order valence-electron chi connectivity index (χ3n) is 9.71. The molecule has 22 heteroatoms. The van der Waals surface area contributed by atoms with Gasteiger partial charge in [0, 0.05) is 103 Å². The maximum Gasteiger partial charge on any atom is 0.303 e. The smallest absolute Gasteiger partial charge is 0.303 e. The minimum atomic E-state index is -0.965. The van der Waals surface area contributed by atoms with E-state index in [1.54, 1.807) is 12.1 Å². The molecule has 1 aliphatic rings. The number of carboxylic acid groups (broad SMARTS) is 1. The lowest BCUT2D eigenvalue weighted by Gasteiger charge is -2.37. The Morgan fingerprint density at radius 2 is 1.26 bits per heavy atom. The van der Waals surface area contributed by atoms with Crippen LogP contribution in [0.25, 0.3) is 0 Å². The summed E-state index contributed by atoms with van der Waals surface area (Å²) in [6, 6.07) is 4.55. The second-order valence-electron chi connectivity index (χ2n) is 15.1. The van der Waals surface area contributed by atoms with Crippen LogP contribution < -0.4 is 64.4 Å². The number of hydrogen-bond acceptors (Lipinski definition) is 15. The van der Waals surface area contributed by atoms with Crippen molar-refractivity contribution in [1.82, 2.24) is 58.7 Å². The van der Waals surface area contributed by atoms with Gasteiger partial charge in [0.25, 0.3) is 0 Å². The van der Waals surface area contributed by atoms with Gasteiger partial charge in [-0.25, -0.2) is 5.43 Å². The maximum absolute atomic E-state index is 13.5. The van der Waals surface area contributed by atoms with Crippen molar-refractivity contribution in [1.29, 1.82) is 0 Å². The Balaban J connectivity index is 1.96. The van der Waals surface area contributed by atoms with Crippen LogP contribution in [0.2, 0.25) is 0 Å². The highest BCUT2D eigenvalue weighted by Crippen LogP contribution is 2.12. The van der Waals surface area contributed by atoms with Crippen LogP contribution in [-0.2, 0) is 40.0 Å². The predicted molar refractivity (Wildman–Crippen MR) is 237 cm³/mol. The Hall–Kier alpha value is -4.58. The Kier molecular flexibility index (Phi) is 27.8. The van der Waals surface area contributed by atoms with Gasteiger partial charge in [-0.3, -0.25) is 44.3 Å². The number of rotatable bonds is 27. The van der Waals surface area contributed by atoms with Gasteiger partial charge in [-0.15, -0.1) is 0 Å². The first kappa shape index (κ1) is 53.6. The van der Waals surface area contributed by atoms with Crippen LogP contribution in [0.3, 0.4) is 0 Å². The summed E-state index contributed by atoms with van der Waals surface area (Å²) < 4.78 is 0. The Bertz CT molecular complexity index is 1510. The summed E-state index contributed by atoms with van der Waals surface area (Å²) in [5, 5.41) is 46.9. The molecule has 1 aliphatic heterocycles. The van der Waals surface area contributed by atoms with Crippen molar-refractivity contribution in [2.45, 2.75) is 94.8 Å². The molecule has 1 aromatic carbocycles. The van der Waals surface area contributed by atoms with E-state index < -0.39 is 41.4 Å². The lowest BCUT2D eigenvalue weighted by molar-refractivity contribution is -0.137. The number of hydrazine groups is 1. The molecule has 21 nitrogen and oxygen atoms in total. The molecule has 15 N–H and O–H groups in total. The van der Waals surface area contributed by atoms with Crippen molar-refractivity contribution in [2.75, 3.05) is 77.7 Å². The van der Waals surface area contributed by atoms with Crippen molar-refractivity contribution in [3.63, 3.8) is 0 Å². The first-order valence-corrected chi connectivity index (χ1v) is 22.1. The van der Waals surface area contributed by atoms with Crippen LogP contribution in [-0.4, -0.2) is 147 Å². The van der Waals surface area contributed by atoms with Crippen molar-refractivity contribution >= 4 is 54.0 Å². The van der Waals surface area contributed by atoms with Crippen LogP contribution in [0.15, 0.2) is 24.3 Å². The van der Waals surface area contributed by atoms with Gasteiger partial charge in [0.1, 0.15) is 23.5 Å². The fraction of sp³-hybridized carbons (Fsp3) is 0.675. The quantitative estimate of drug-likeness (QED) is 0.0184. The summed E-state index contributed by atoms with van der Waals surface area (Å²) in [6.45, 7) is 6.16. The number of carbonyl (C=O) groups is 7. The van der Waals surface area contributed by atoms with E-state index in [9.17, 15) is 38.7 Å². The minimum Gasteiger partial charge on any atom is -0.508 e. The second-order valence-corrected chi connectivity index (χ2v) is 15.5. The van der Waals surface area contributed by atoms with E-state index in [0.717, 1.165) is 32.6 Å². The van der Waals surface area contributed by atoms with Crippen LogP contribution in [0.5, 0.6) is 5.75 Å². The number of phenolic OH excluding ortho intramolecular Hbond substituents is 1. The summed E-state index contributed by atoms with van der Waals surface area (Å²) in [4.78, 5) is 86.3. The lowest BCUT2D eigenvalue weighted by Crippen LogP contribution is -2.69. The van der Waals surface area contributed by atoms with E-state index in [0.29, 0.717) is 70.6 Å². The Morgan fingerprint density at radius 1 is 0.677 bits per heavy atom. The van der Waals surface area contributed by atoms with Crippen molar-refractivity contribution in [3.05, 3.63) is 29.8 Å². The van der Waals surface area contributed by atoms with E-state index in [1.807, 2.05) is 0 Å². The van der Waals surface area contributed by atoms with Gasteiger partial charge in [-0.1, -0.05) is 18.6 Å². The number of carboxylic acids is 1. The molecule has 350 valence electrons. The third kappa shape index (κ3) is 25.4. The fourth-order valence-corrected chi connectivity index (χ4v) is 6.60. The van der Waals surface area contributed by atoms with Crippen molar-refractivity contribution < 1.29 is 43.8 Å². The normalized spacial score (nSPS) is 15.8. The zero-order valence-electron chi connectivity index (χ0n) is 35.7. The van der Waals surface area contributed by atoms with Gasteiger partial charge in [-0.2, -0.15) is 12.6 Å². The van der Waals surface area contributed by atoms with Gasteiger partial charge in [-0.05, 0) is 62.9 Å². The van der Waals surface area contributed by atoms with Crippen LogP contribution in [0.1, 0.15) is 76.2 Å². The number of amides is 6. The number of hydrogen-bond donors (Lipinski definition) is 15. The molecule has 0 aliphatic carbocycles. The number of aliphatic carboxylic acids is 1. The molecular weight excluding hydrogens is 825 g/mol. The van der Waals surface area contributed by atoms with Gasteiger partial charge in [0.2, 0.25) is 35.4 Å². The number of nitrogens with one attached hydrogen (secondary N) is 11. The summed E-state index contributed by atoms with van der Waals surface area (Å²) in [6.07, 6.45) is 3.45. The Labute approximate surface area is 369 Å². The largest absolute Gasteiger partial charge is 0.508 e. The van der Waals surface area contributed by atoms with Crippen LogP contribution in [0.4, 0.5) is 0 Å². The number of nitrogens with two attached hydrogens (primary N) is 1. The average Bonchev–Trinajstić information content (AvgIpc) is 3.22. The lowest BCUT2D eigenvalue weighted by atomic mass is 10.0. The van der Waals surface area contributed by atoms with Gasteiger partial charge >= 0.3 is 5.97 Å². The highest BCUT2D eigenvalue weighted by Gasteiger charge is 2.31. The summed E-state index contributed by atoms with van der Waals surface area (Å²) >= 11 is 4.02. The maximum atomic E-state index is 13.5. The molecule has 0 aromatic heterocycles. The molecule has 2 rings (SSSR count). The topological polar surface area (TPSA) is 318 Å². The SMILES string of the molecule is NC(=O)[C@H](CS)NC(=O)CCCCCNC(=O)[C@H](Cc1ccc(O)cc1)NC(=O)CCCC(=O)NC1(NCCNNC(=O)CCCC(=O)O)CNCCNCCCNCCNC1. The molecule has 62 heavy (non-hydrogen) atoms. The monoisotopic (exact) mass is 895 g/mol. The van der Waals surface area contributed by atoms with Gasteiger partial charge < -0.3 is 58.5 Å². The molecule has 1 heterocycles. The van der Waals surface area contributed by atoms with Crippen molar-refractivity contribution in [2.24, 2.45) is 5.73 Å². The zero-order chi connectivity index (χ0) is 45.4. The molecule has 0 radical (unpaired) electrons. The number of unbranched alkanes of at least 4 members (excludes halogenated alkanes) is 2. The molecule has 0 spiro atoms. The van der Waals surface area contributed by atoms with Gasteiger partial charge in [0.05, 0.1) is 0 Å². The molecule has 1 fully saturated rings. The molecule has 6 amide bonds. The van der Waals surface area contributed by atoms with E-state index in [1.165, 1.54) is 12.1 Å². The molecule has 0 unspecified atom stereocenters. The number of carbonyl (C=O) groups excluding carboxylic acids is 6. The second kappa shape index (κ2) is 32.1. The third-order valence-corrected chi connectivity index (χ3v) is 10.1. The number of primary amides is 1. The molecule has 2 atom stereocenters. The standard InChI is InChI=1S/C40H70N12O9S/c41-38(60)32(26-62)50-33(54)7-2-1-3-18-46-39(61)31(25-29-12-14-30(53)15-13-29)49-34(55)8-4-9-35(56)51-40(47-23-24-48-52-36(57)10-5-11-37(58)59)27-44-21-19-42-16-6-17-43-20-22-45-28-40/h12-15,31-32,42-45,47-48,53,62H,1-11,16-28H2,(H2,41,60)(H,46,61)(H,49,55)(H,50,54)(H,51,56)(H,52,57)(H,58,59)/t31-,32-/m0/s1. The highest BCUT2D eigenvalue weighted by atomic mass is 32.1. The van der Waals surface area contributed by atoms with E-state index in [2.05, 4.69) is 71.3 Å². The van der Waals surface area contributed by atoms with E-state index >= 15 is 0 Å². The van der Waals surface area contributed by atoms with Crippen molar-refractivity contribution in [3.8, 4) is 5.75 Å². The highest BCUT2D eigenvalue weighted by molar-refractivity contribution is 7.80. The molecule has 0 bridgehead atoms. The number of thiol groups is 1. The minimum absolute atomic E-state index is 0.0231. The molecule has 1 aromatic rings. The van der Waals surface area contributed by atoms with E-state index in [4.69, 9.17) is 10.8 Å². The average molecular weight is 895 g/mol. The predicted octanol–water partition coefficient (Wildman–Crippen LogP) is -2.79. The van der Waals surface area contributed by atoms with E-state index in [-0.39, 0.29) is 80.6 Å². The molecule has 1 saturated heterocycles. The van der Waals surface area contributed by atoms with Gasteiger partial charge in [0.15, 0.2) is 0 Å². The summed E-state index contributed by atoms with van der Waals surface area (Å²) in [5.74, 6) is -3.22. The number of benzene rings is 1. The molecular formula is C40H70N12O9S. The number of phenols is 1. The first-order valence-electron chi connectivity index (χ1n) is 21.5. The summed E-state index contributed by atoms with van der Waals surface area (Å²) in [5.41, 5.74) is 10.4. The fourth-order valence-electron chi connectivity index (χ4n) is 6.33. The van der Waals surface area contributed by atoms with Crippen LogP contribution in [0, 0.1) is 0 Å². The molecule has 0 saturated carbocycles. The Morgan fingerprint density at radius 3 is 1.89 bits per heavy atom. The van der Waals surface area contributed by atoms with Crippen LogP contribution >= 0.6 is 12.6 Å². The number of aromatic hydroxyl groups is 1. The first-order chi connectivity index (χ1) is 29.8.